The summed E-state index contributed by atoms with van der Waals surface area (Å²) in [7, 11) is 3.75. The van der Waals surface area contributed by atoms with Gasteiger partial charge >= 0.3 is 5.69 Å². The summed E-state index contributed by atoms with van der Waals surface area (Å²) >= 11 is 0. The maximum atomic E-state index is 10.4. The van der Waals surface area contributed by atoms with Gasteiger partial charge in [0.2, 0.25) is 0 Å². The number of aromatic nitrogens is 2. The molecule has 0 atom stereocenters. The Kier molecular flexibility index (Phi) is 8.42. The molecule has 5 nitrogen and oxygen atoms in total. The maximum Gasteiger partial charge on any atom is 0.325 e. The van der Waals surface area contributed by atoms with Gasteiger partial charge in [0.1, 0.15) is 0 Å². The lowest BCUT2D eigenvalue weighted by atomic mass is 10.5. The van der Waals surface area contributed by atoms with Gasteiger partial charge in [0.05, 0.1) is 0 Å². The van der Waals surface area contributed by atoms with E-state index in [4.69, 9.17) is 0 Å². The van der Waals surface area contributed by atoms with Gasteiger partial charge in [0.15, 0.2) is 0 Å². The number of halogens is 1. The summed E-state index contributed by atoms with van der Waals surface area (Å²) < 4.78 is 0. The Labute approximate surface area is 82.0 Å². The first-order chi connectivity index (χ1) is 5.60. The first-order valence-electron chi connectivity index (χ1n) is 3.49. The number of H-pyrrole nitrogens is 2. The molecule has 6 heteroatoms. The maximum absolute atomic E-state index is 10.4. The van der Waals surface area contributed by atoms with Crippen LogP contribution in [0.3, 0.4) is 0 Å². The van der Waals surface area contributed by atoms with E-state index in [0.29, 0.717) is 5.69 Å². The van der Waals surface area contributed by atoms with E-state index < -0.39 is 5.69 Å². The summed E-state index contributed by atoms with van der Waals surface area (Å²) in [5.74, 6) is 0. The van der Waals surface area contributed by atoms with Gasteiger partial charge < -0.3 is 10.3 Å². The predicted octanol–water partition coefficient (Wildman–Crippen LogP) is -0.371. The van der Waals surface area contributed by atoms with Crippen LogP contribution in [0.1, 0.15) is 5.69 Å². The van der Waals surface area contributed by atoms with E-state index >= 15 is 0 Å². The van der Waals surface area contributed by atoms with Gasteiger partial charge in [-0.25, -0.2) is 4.79 Å². The van der Waals surface area contributed by atoms with Crippen LogP contribution < -0.4 is 16.6 Å². The van der Waals surface area contributed by atoms with Crippen LogP contribution in [0.4, 0.5) is 0 Å². The number of hydrogen-bond acceptors (Lipinski definition) is 3. The fourth-order valence-electron chi connectivity index (χ4n) is 0.591. The average molecular weight is 208 g/mol. The van der Waals surface area contributed by atoms with Crippen molar-refractivity contribution in [3.63, 3.8) is 0 Å². The Hall–Kier alpha value is -1.07. The summed E-state index contributed by atoms with van der Waals surface area (Å²) in [6.07, 6.45) is 0. The summed E-state index contributed by atoms with van der Waals surface area (Å²) in [5, 5.41) is 2.75. The van der Waals surface area contributed by atoms with E-state index in [-0.39, 0.29) is 18.0 Å². The second-order valence-electron chi connectivity index (χ2n) is 2.27. The minimum absolute atomic E-state index is 0. The molecule has 0 radical (unpaired) electrons. The molecule has 0 amide bonds. The first kappa shape index (κ1) is 14.5. The largest absolute Gasteiger partial charge is 0.325 e. The van der Waals surface area contributed by atoms with Crippen LogP contribution in [0.15, 0.2) is 15.7 Å². The molecule has 0 aliphatic heterocycles. The highest BCUT2D eigenvalue weighted by molar-refractivity contribution is 5.85. The van der Waals surface area contributed by atoms with Gasteiger partial charge in [-0.3, -0.25) is 9.78 Å². The lowest BCUT2D eigenvalue weighted by molar-refractivity contribution is 0.994. The van der Waals surface area contributed by atoms with Gasteiger partial charge in [0, 0.05) is 11.8 Å². The van der Waals surface area contributed by atoms with E-state index in [2.05, 4.69) is 10.3 Å². The summed E-state index contributed by atoms with van der Waals surface area (Å²) in [6, 6.07) is 1.32. The van der Waals surface area contributed by atoms with Crippen molar-refractivity contribution in [1.82, 2.24) is 15.3 Å². The molecule has 0 aromatic carbocycles. The third-order valence-electron chi connectivity index (χ3n) is 0.895. The first-order valence-corrected chi connectivity index (χ1v) is 3.49. The normalized spacial score (nSPS) is 7.92. The Morgan fingerprint density at radius 1 is 1.23 bits per heavy atom. The number of rotatable bonds is 0. The third-order valence-corrected chi connectivity index (χ3v) is 0.895. The smallest absolute Gasteiger partial charge is 0.323 e. The Balaban J connectivity index is 0. The van der Waals surface area contributed by atoms with Gasteiger partial charge in [-0.2, -0.15) is 0 Å². The molecule has 1 aromatic rings. The highest BCUT2D eigenvalue weighted by Crippen LogP contribution is 1.73. The average Bonchev–Trinajstić information content (AvgIpc) is 1.84. The zero-order chi connectivity index (χ0) is 9.56. The Morgan fingerprint density at radius 3 is 2.00 bits per heavy atom. The monoisotopic (exact) mass is 207 g/mol. The van der Waals surface area contributed by atoms with Crippen molar-refractivity contribution in [1.29, 1.82) is 0 Å². The van der Waals surface area contributed by atoms with Crippen molar-refractivity contribution in [2.75, 3.05) is 14.1 Å². The van der Waals surface area contributed by atoms with Gasteiger partial charge in [-0.05, 0) is 21.0 Å². The molecular weight excluding hydrogens is 194 g/mol. The van der Waals surface area contributed by atoms with E-state index in [1.54, 1.807) is 6.92 Å². The molecule has 0 aliphatic carbocycles. The molecular formula is C7H14ClN3O2. The molecule has 1 heterocycles. The number of aryl methyl sites for hydroxylation is 1. The molecule has 76 valence electrons. The number of nitrogens with one attached hydrogen (secondary N) is 3. The van der Waals surface area contributed by atoms with Crippen molar-refractivity contribution < 1.29 is 0 Å². The van der Waals surface area contributed by atoms with Crippen LogP contribution in [0.5, 0.6) is 0 Å². The van der Waals surface area contributed by atoms with Crippen LogP contribution in [-0.2, 0) is 0 Å². The molecule has 0 saturated carbocycles. The van der Waals surface area contributed by atoms with E-state index in [1.807, 2.05) is 19.1 Å². The van der Waals surface area contributed by atoms with Crippen LogP contribution in [0, 0.1) is 6.92 Å². The molecule has 0 aliphatic rings. The lowest BCUT2D eigenvalue weighted by Crippen LogP contribution is -2.21. The molecule has 1 rings (SSSR count). The lowest BCUT2D eigenvalue weighted by Gasteiger charge is -1.85. The SMILES string of the molecule is CNC.Cc1cc(=O)[nH]c(=O)[nH]1.Cl. The zero-order valence-electron chi connectivity index (χ0n) is 7.80. The van der Waals surface area contributed by atoms with Crippen molar-refractivity contribution in [3.05, 3.63) is 32.6 Å². The summed E-state index contributed by atoms with van der Waals surface area (Å²) in [6.45, 7) is 1.65. The second-order valence-corrected chi connectivity index (χ2v) is 2.27. The van der Waals surface area contributed by atoms with Crippen LogP contribution in [0.25, 0.3) is 0 Å². The van der Waals surface area contributed by atoms with Crippen molar-refractivity contribution in [3.8, 4) is 0 Å². The van der Waals surface area contributed by atoms with E-state index in [0.717, 1.165) is 0 Å². The molecule has 13 heavy (non-hydrogen) atoms. The standard InChI is InChI=1S/C5H6N2O2.C2H7N.ClH/c1-3-2-4(8)7-5(9)6-3;1-3-2;/h2H,1H3,(H2,6,7,8,9);3H,1-2H3;1H. The quantitative estimate of drug-likeness (QED) is 0.543. The molecule has 0 bridgehead atoms. The summed E-state index contributed by atoms with van der Waals surface area (Å²) in [4.78, 5) is 25.3. The van der Waals surface area contributed by atoms with Gasteiger partial charge in [-0.1, -0.05) is 0 Å². The van der Waals surface area contributed by atoms with Crippen molar-refractivity contribution >= 4 is 12.4 Å². The fraction of sp³-hybridized carbons (Fsp3) is 0.429. The Bertz CT molecular complexity index is 303. The van der Waals surface area contributed by atoms with Crippen LogP contribution >= 0.6 is 12.4 Å². The third kappa shape index (κ3) is 7.30. The predicted molar refractivity (Wildman–Crippen MR) is 54.7 cm³/mol. The number of aromatic amines is 2. The topological polar surface area (TPSA) is 77.8 Å². The molecule has 0 saturated heterocycles. The van der Waals surface area contributed by atoms with Gasteiger partial charge in [0.25, 0.3) is 5.56 Å². The summed E-state index contributed by atoms with van der Waals surface area (Å²) in [5.41, 5.74) is -0.250. The van der Waals surface area contributed by atoms with Crippen molar-refractivity contribution in [2.45, 2.75) is 6.92 Å². The molecule has 0 spiro atoms. The highest BCUT2D eigenvalue weighted by atomic mass is 35.5. The molecule has 0 fully saturated rings. The second kappa shape index (κ2) is 7.57. The van der Waals surface area contributed by atoms with Crippen molar-refractivity contribution in [2.24, 2.45) is 0 Å². The van der Waals surface area contributed by atoms with E-state index in [1.165, 1.54) is 6.07 Å². The zero-order valence-corrected chi connectivity index (χ0v) is 8.62. The fourth-order valence-corrected chi connectivity index (χ4v) is 0.591. The minimum Gasteiger partial charge on any atom is -0.323 e. The molecule has 0 unspecified atom stereocenters. The molecule has 1 aromatic heterocycles. The van der Waals surface area contributed by atoms with Crippen LogP contribution in [0.2, 0.25) is 0 Å². The number of hydrogen-bond donors (Lipinski definition) is 3. The highest BCUT2D eigenvalue weighted by Gasteiger charge is 1.86. The van der Waals surface area contributed by atoms with Crippen LogP contribution in [-0.4, -0.2) is 24.1 Å². The Morgan fingerprint density at radius 2 is 1.69 bits per heavy atom. The van der Waals surface area contributed by atoms with E-state index in [9.17, 15) is 9.59 Å². The minimum atomic E-state index is -0.458. The molecule has 3 N–H and O–H groups in total. The van der Waals surface area contributed by atoms with Gasteiger partial charge in [-0.15, -0.1) is 12.4 Å².